The zero-order chi connectivity index (χ0) is 43.5. The quantitative estimate of drug-likeness (QED) is 0.179. The van der Waals surface area contributed by atoms with Gasteiger partial charge in [-0.25, -0.2) is 57.4 Å². The molecule has 10 rings (SSSR count). The van der Waals surface area contributed by atoms with Crippen LogP contribution in [0.25, 0.3) is 45.4 Å². The topological polar surface area (TPSA) is 182 Å². The van der Waals surface area contributed by atoms with E-state index in [1.165, 1.54) is 19.6 Å². The van der Waals surface area contributed by atoms with Gasteiger partial charge >= 0.3 is 0 Å². The smallest absolute Gasteiger partial charge is 0.266 e. The first-order chi connectivity index (χ1) is 29.6. The Labute approximate surface area is 353 Å². The first-order valence-corrected chi connectivity index (χ1v) is 20.7. The maximum atomic E-state index is 14.4. The number of pyridine rings is 2. The minimum absolute atomic E-state index is 0.194. The van der Waals surface area contributed by atoms with Crippen LogP contribution in [0.3, 0.4) is 0 Å². The van der Waals surface area contributed by atoms with Crippen LogP contribution in [0.2, 0.25) is 0 Å². The first kappa shape index (κ1) is 41.0. The van der Waals surface area contributed by atoms with Crippen LogP contribution in [0.5, 0.6) is 0 Å². The minimum atomic E-state index is -2.97. The average molecular weight is 855 g/mol. The molecule has 0 radical (unpaired) electrons. The molecule has 2 aliphatic carbocycles. The Hall–Kier alpha value is -6.34. The van der Waals surface area contributed by atoms with E-state index >= 15 is 0 Å². The van der Waals surface area contributed by atoms with Crippen molar-refractivity contribution in [1.82, 2.24) is 59.6 Å². The lowest BCUT2D eigenvalue weighted by Gasteiger charge is -2.38. The normalized spacial score (nSPS) is 20.8. The van der Waals surface area contributed by atoms with Crippen LogP contribution < -0.4 is 9.80 Å². The molecule has 2 saturated carbocycles. The van der Waals surface area contributed by atoms with Gasteiger partial charge < -0.3 is 29.6 Å². The first-order valence-electron chi connectivity index (χ1n) is 20.7. The molecule has 6 aromatic rings. The molecule has 8 heterocycles. The number of aromatic amines is 2. The molecule has 2 aliphatic heterocycles. The third kappa shape index (κ3) is 8.85. The molecular formula is C42H46F4N14O2. The molecule has 4 fully saturated rings. The number of hydrogen-bond donors (Lipinski definition) is 2. The maximum absolute atomic E-state index is 14.4. The van der Waals surface area contributed by atoms with Crippen LogP contribution in [0.15, 0.2) is 48.8 Å². The van der Waals surface area contributed by atoms with Crippen molar-refractivity contribution in [3.05, 3.63) is 60.4 Å². The molecule has 62 heavy (non-hydrogen) atoms. The van der Waals surface area contributed by atoms with Crippen molar-refractivity contribution in [1.29, 1.82) is 0 Å². The molecule has 2 amide bonds. The van der Waals surface area contributed by atoms with Crippen LogP contribution in [-0.4, -0.2) is 138 Å². The van der Waals surface area contributed by atoms with Gasteiger partial charge in [-0.1, -0.05) is 0 Å². The van der Waals surface area contributed by atoms with E-state index in [0.29, 0.717) is 68.8 Å². The molecular weight excluding hydrogens is 809 g/mol. The van der Waals surface area contributed by atoms with Crippen LogP contribution >= 0.6 is 0 Å². The molecule has 0 unspecified atom stereocenters. The number of alkyl halides is 4. The number of hydrogen-bond acceptors (Lipinski definition) is 12. The van der Waals surface area contributed by atoms with Gasteiger partial charge in [0.25, 0.3) is 11.8 Å². The second-order valence-corrected chi connectivity index (χ2v) is 17.1. The summed E-state index contributed by atoms with van der Waals surface area (Å²) in [5.41, 5.74) is 3.58. The molecule has 16 nitrogen and oxygen atoms in total. The van der Waals surface area contributed by atoms with E-state index in [1.807, 2.05) is 0 Å². The maximum Gasteiger partial charge on any atom is 0.266 e. The van der Waals surface area contributed by atoms with Gasteiger partial charge in [0.1, 0.15) is 34.7 Å². The van der Waals surface area contributed by atoms with Crippen molar-refractivity contribution in [2.24, 2.45) is 11.8 Å². The number of halogens is 4. The zero-order valence-corrected chi connectivity index (χ0v) is 34.7. The lowest BCUT2D eigenvalue weighted by molar-refractivity contribution is -0.138. The number of nitrogens with one attached hydrogen (secondary N) is 2. The highest BCUT2D eigenvalue weighted by molar-refractivity contribution is 5.81. The lowest BCUT2D eigenvalue weighted by atomic mass is 9.94. The molecule has 2 atom stereocenters. The van der Waals surface area contributed by atoms with Crippen molar-refractivity contribution in [2.45, 2.75) is 62.2 Å². The summed E-state index contributed by atoms with van der Waals surface area (Å²) >= 11 is 0. The molecule has 2 N–H and O–H groups in total. The Morgan fingerprint density at radius 3 is 1.37 bits per heavy atom. The monoisotopic (exact) mass is 854 g/mol. The molecule has 6 aromatic heterocycles. The molecule has 2 saturated heterocycles. The summed E-state index contributed by atoms with van der Waals surface area (Å²) in [5.74, 6) is -3.75. The molecule has 0 bridgehead atoms. The van der Waals surface area contributed by atoms with E-state index in [-0.39, 0.29) is 24.9 Å². The summed E-state index contributed by atoms with van der Waals surface area (Å²) in [6, 6.07) is 10.5. The molecule has 0 aromatic carbocycles. The van der Waals surface area contributed by atoms with E-state index in [1.54, 1.807) is 77.0 Å². The van der Waals surface area contributed by atoms with Crippen molar-refractivity contribution in [2.75, 3.05) is 64.2 Å². The van der Waals surface area contributed by atoms with Gasteiger partial charge in [-0.15, -0.1) is 0 Å². The van der Waals surface area contributed by atoms with E-state index in [9.17, 15) is 27.2 Å². The number of H-pyrrole nitrogens is 2. The summed E-state index contributed by atoms with van der Waals surface area (Å²) in [7, 11) is 6.32. The lowest BCUT2D eigenvalue weighted by Crippen LogP contribution is -2.51. The Balaban J connectivity index is 0.000000158. The van der Waals surface area contributed by atoms with Gasteiger partial charge in [-0.2, -0.15) is 0 Å². The van der Waals surface area contributed by atoms with E-state index in [2.05, 4.69) is 49.8 Å². The standard InChI is InChI=1S/2C21H23F2N7O/c2*1-29(2)20(31)13-9-21(22,23)11-30(10-13)16-6-5-14-19(27-16)28-18(26-14)15-7-8-24-17(25-15)12-3-4-12/h2*5-8,12-13H,3-4,9-11H2,1-2H3,(H,26,27,28)/t2*13-/m10/s1. The molecule has 4 aliphatic rings. The van der Waals surface area contributed by atoms with Crippen LogP contribution in [0, 0.1) is 11.8 Å². The third-order valence-corrected chi connectivity index (χ3v) is 11.4. The van der Waals surface area contributed by atoms with Gasteiger partial charge in [-0.3, -0.25) is 9.59 Å². The second kappa shape index (κ2) is 15.8. The number of rotatable bonds is 8. The fraction of sp³-hybridized carbons (Fsp3) is 0.476. The Bertz CT molecular complexity index is 2460. The summed E-state index contributed by atoms with van der Waals surface area (Å²) in [5, 5.41) is 0. The second-order valence-electron chi connectivity index (χ2n) is 17.1. The number of aromatic nitrogens is 10. The SMILES string of the molecule is CN(C)C(=O)[C@@H]1CN(c2ccc3[nH]c(-c4ccnc(C5CC5)n4)nc3n2)CC(F)(F)C1.CN(C)C(=O)[C@H]1CN(c2ccc3[nH]c(-c4ccnc(C5CC5)n4)nc3n2)CC(F)(F)C1. The van der Waals surface area contributed by atoms with Crippen molar-refractivity contribution < 1.29 is 27.2 Å². The minimum Gasteiger partial charge on any atom is -0.350 e. The van der Waals surface area contributed by atoms with Crippen molar-refractivity contribution in [3.8, 4) is 23.0 Å². The fourth-order valence-electron chi connectivity index (χ4n) is 8.06. The number of imidazole rings is 2. The highest BCUT2D eigenvalue weighted by atomic mass is 19.3. The van der Waals surface area contributed by atoms with Gasteiger partial charge in [-0.05, 0) is 62.1 Å². The third-order valence-electron chi connectivity index (χ3n) is 11.4. The Morgan fingerprint density at radius 2 is 1.00 bits per heavy atom. The Morgan fingerprint density at radius 1 is 0.597 bits per heavy atom. The van der Waals surface area contributed by atoms with E-state index in [4.69, 9.17) is 0 Å². The Kier molecular flexibility index (Phi) is 10.5. The molecule has 324 valence electrons. The average Bonchev–Trinajstić information content (AvgIpc) is 4.19. The van der Waals surface area contributed by atoms with E-state index in [0.717, 1.165) is 37.3 Å². The van der Waals surface area contributed by atoms with Gasteiger partial charge in [0.05, 0.1) is 36.0 Å². The number of piperidine rings is 2. The summed E-state index contributed by atoms with van der Waals surface area (Å²) < 4.78 is 57.5. The van der Waals surface area contributed by atoms with Crippen LogP contribution in [0.1, 0.15) is 62.0 Å². The van der Waals surface area contributed by atoms with Crippen molar-refractivity contribution >= 4 is 45.8 Å². The predicted molar refractivity (Wildman–Crippen MR) is 222 cm³/mol. The fourth-order valence-corrected chi connectivity index (χ4v) is 8.06. The predicted octanol–water partition coefficient (Wildman–Crippen LogP) is 5.68. The number of carbonyl (C=O) groups excluding carboxylic acids is 2. The number of amides is 2. The zero-order valence-electron chi connectivity index (χ0n) is 34.7. The van der Waals surface area contributed by atoms with Gasteiger partial charge in [0, 0.05) is 78.4 Å². The van der Waals surface area contributed by atoms with E-state index < -0.39 is 49.6 Å². The van der Waals surface area contributed by atoms with Crippen LogP contribution in [-0.2, 0) is 9.59 Å². The molecule has 0 spiro atoms. The van der Waals surface area contributed by atoms with Crippen LogP contribution in [0.4, 0.5) is 29.2 Å². The van der Waals surface area contributed by atoms with Crippen molar-refractivity contribution in [3.63, 3.8) is 0 Å². The summed E-state index contributed by atoms with van der Waals surface area (Å²) in [4.78, 5) is 72.6. The number of nitrogens with zero attached hydrogens (tertiary/aromatic N) is 12. The largest absolute Gasteiger partial charge is 0.350 e. The summed E-state index contributed by atoms with van der Waals surface area (Å²) in [6.45, 7) is -0.564. The number of anilines is 2. The number of fused-ring (bicyclic) bond motifs is 2. The highest BCUT2D eigenvalue weighted by Gasteiger charge is 2.45. The van der Waals surface area contributed by atoms with Gasteiger partial charge in [0.15, 0.2) is 22.9 Å². The van der Waals surface area contributed by atoms with Gasteiger partial charge in [0.2, 0.25) is 11.8 Å². The summed E-state index contributed by atoms with van der Waals surface area (Å²) in [6.07, 6.45) is 6.95. The molecule has 20 heteroatoms. The number of carbonyl (C=O) groups is 2. The highest BCUT2D eigenvalue weighted by Crippen LogP contribution is 2.40.